The summed E-state index contributed by atoms with van der Waals surface area (Å²) in [6, 6.07) is 13.9. The molecule has 3 rings (SSSR count). The number of rotatable bonds is 7. The minimum Gasteiger partial charge on any atom is -0.493 e. The molecule has 0 aliphatic carbocycles. The SMILES string of the molecule is COc1ccc(S[C@H](C)C(=O)N2CCN(S(=O)(=O)c3ccccc3)CC2)cc1OC. The smallest absolute Gasteiger partial charge is 0.243 e. The Bertz CT molecular complexity index is 974. The number of sulfonamides is 1. The van der Waals surface area contributed by atoms with Gasteiger partial charge in [-0.25, -0.2) is 8.42 Å². The summed E-state index contributed by atoms with van der Waals surface area (Å²) in [6.45, 7) is 3.19. The van der Waals surface area contributed by atoms with E-state index in [1.54, 1.807) is 49.5 Å². The molecule has 0 unspecified atom stereocenters. The molecule has 1 fully saturated rings. The van der Waals surface area contributed by atoms with E-state index < -0.39 is 10.0 Å². The van der Waals surface area contributed by atoms with Crippen LogP contribution in [-0.2, 0) is 14.8 Å². The highest BCUT2D eigenvalue weighted by molar-refractivity contribution is 8.00. The molecule has 2 aromatic rings. The number of ether oxygens (including phenoxy) is 2. The predicted molar refractivity (Wildman–Crippen MR) is 117 cm³/mol. The highest BCUT2D eigenvalue weighted by Crippen LogP contribution is 2.34. The van der Waals surface area contributed by atoms with Crippen molar-refractivity contribution in [3.63, 3.8) is 0 Å². The van der Waals surface area contributed by atoms with Gasteiger partial charge in [0.05, 0.1) is 24.4 Å². The van der Waals surface area contributed by atoms with Crippen molar-refractivity contribution >= 4 is 27.7 Å². The Morgan fingerprint density at radius 2 is 1.60 bits per heavy atom. The van der Waals surface area contributed by atoms with Gasteiger partial charge in [-0.05, 0) is 37.3 Å². The van der Waals surface area contributed by atoms with Crippen molar-refractivity contribution in [2.75, 3.05) is 40.4 Å². The van der Waals surface area contributed by atoms with Gasteiger partial charge in [-0.15, -0.1) is 11.8 Å². The summed E-state index contributed by atoms with van der Waals surface area (Å²) in [5.41, 5.74) is 0. The van der Waals surface area contributed by atoms with Crippen LogP contribution in [-0.4, -0.2) is 69.2 Å². The normalized spacial score (nSPS) is 16.2. The first kappa shape index (κ1) is 22.5. The van der Waals surface area contributed by atoms with E-state index in [0.717, 1.165) is 4.90 Å². The van der Waals surface area contributed by atoms with Crippen molar-refractivity contribution in [2.24, 2.45) is 0 Å². The Hall–Kier alpha value is -2.23. The van der Waals surface area contributed by atoms with Gasteiger partial charge < -0.3 is 14.4 Å². The molecule has 162 valence electrons. The molecule has 0 N–H and O–H groups in total. The van der Waals surface area contributed by atoms with Crippen LogP contribution in [0.25, 0.3) is 0 Å². The fourth-order valence-corrected chi connectivity index (χ4v) is 5.71. The summed E-state index contributed by atoms with van der Waals surface area (Å²) in [6.07, 6.45) is 0. The third-order valence-corrected chi connectivity index (χ3v) is 7.94. The molecule has 0 spiro atoms. The van der Waals surface area contributed by atoms with Gasteiger partial charge >= 0.3 is 0 Å². The molecule has 9 heteroatoms. The van der Waals surface area contributed by atoms with E-state index >= 15 is 0 Å². The summed E-state index contributed by atoms with van der Waals surface area (Å²) >= 11 is 1.44. The number of amides is 1. The molecule has 0 radical (unpaired) electrons. The third kappa shape index (κ3) is 4.91. The molecular weight excluding hydrogens is 424 g/mol. The van der Waals surface area contributed by atoms with Crippen LogP contribution in [0.15, 0.2) is 58.3 Å². The van der Waals surface area contributed by atoms with Crippen molar-refractivity contribution in [1.29, 1.82) is 0 Å². The summed E-state index contributed by atoms with van der Waals surface area (Å²) in [5, 5.41) is -0.305. The Labute approximate surface area is 182 Å². The zero-order chi connectivity index (χ0) is 21.7. The van der Waals surface area contributed by atoms with Crippen LogP contribution >= 0.6 is 11.8 Å². The van der Waals surface area contributed by atoms with Gasteiger partial charge in [-0.3, -0.25) is 4.79 Å². The fourth-order valence-electron chi connectivity index (χ4n) is 3.29. The Morgan fingerprint density at radius 3 is 2.20 bits per heavy atom. The lowest BCUT2D eigenvalue weighted by Gasteiger charge is -2.35. The van der Waals surface area contributed by atoms with Crippen molar-refractivity contribution in [1.82, 2.24) is 9.21 Å². The monoisotopic (exact) mass is 450 g/mol. The summed E-state index contributed by atoms with van der Waals surface area (Å²) < 4.78 is 37.5. The van der Waals surface area contributed by atoms with Crippen LogP contribution in [0.5, 0.6) is 11.5 Å². The predicted octanol–water partition coefficient (Wildman–Crippen LogP) is 2.72. The van der Waals surface area contributed by atoms with Crippen LogP contribution in [0.2, 0.25) is 0 Å². The number of carbonyl (C=O) groups excluding carboxylic acids is 1. The lowest BCUT2D eigenvalue weighted by Crippen LogP contribution is -2.52. The summed E-state index contributed by atoms with van der Waals surface area (Å²) in [4.78, 5) is 15.8. The molecule has 1 aliphatic heterocycles. The Morgan fingerprint density at radius 1 is 0.967 bits per heavy atom. The van der Waals surface area contributed by atoms with Gasteiger partial charge in [-0.1, -0.05) is 18.2 Å². The maximum Gasteiger partial charge on any atom is 0.243 e. The molecule has 1 amide bonds. The van der Waals surface area contributed by atoms with Gasteiger partial charge in [0.25, 0.3) is 0 Å². The number of hydrogen-bond acceptors (Lipinski definition) is 6. The second-order valence-electron chi connectivity index (χ2n) is 6.82. The zero-order valence-corrected chi connectivity index (χ0v) is 18.9. The largest absolute Gasteiger partial charge is 0.493 e. The second kappa shape index (κ2) is 9.72. The number of carbonyl (C=O) groups is 1. The van der Waals surface area contributed by atoms with Crippen molar-refractivity contribution in [2.45, 2.75) is 22.0 Å². The number of piperazine rings is 1. The lowest BCUT2D eigenvalue weighted by molar-refractivity contribution is -0.131. The first-order chi connectivity index (χ1) is 14.4. The molecular formula is C21H26N2O5S2. The molecule has 30 heavy (non-hydrogen) atoms. The fraction of sp³-hybridized carbons (Fsp3) is 0.381. The van der Waals surface area contributed by atoms with Gasteiger partial charge in [0.15, 0.2) is 11.5 Å². The zero-order valence-electron chi connectivity index (χ0n) is 17.3. The highest BCUT2D eigenvalue weighted by Gasteiger charge is 2.31. The minimum absolute atomic E-state index is 0.00783. The first-order valence-electron chi connectivity index (χ1n) is 9.59. The number of benzene rings is 2. The average molecular weight is 451 g/mol. The molecule has 1 aliphatic rings. The molecule has 0 saturated carbocycles. The van der Waals surface area contributed by atoms with Crippen molar-refractivity contribution in [3.8, 4) is 11.5 Å². The Balaban J connectivity index is 1.60. The van der Waals surface area contributed by atoms with Gasteiger partial charge in [0.1, 0.15) is 0 Å². The van der Waals surface area contributed by atoms with Gasteiger partial charge in [0.2, 0.25) is 15.9 Å². The summed E-state index contributed by atoms with van der Waals surface area (Å²) in [5.74, 6) is 1.24. The van der Waals surface area contributed by atoms with Crippen LogP contribution in [0.3, 0.4) is 0 Å². The van der Waals surface area contributed by atoms with E-state index in [1.165, 1.54) is 16.1 Å². The van der Waals surface area contributed by atoms with Crippen LogP contribution in [0.4, 0.5) is 0 Å². The average Bonchev–Trinajstić information content (AvgIpc) is 2.79. The number of nitrogens with zero attached hydrogens (tertiary/aromatic N) is 2. The molecule has 0 aromatic heterocycles. The Kier molecular flexibility index (Phi) is 7.27. The van der Waals surface area contributed by atoms with Crippen LogP contribution in [0.1, 0.15) is 6.92 Å². The van der Waals surface area contributed by atoms with E-state index in [0.29, 0.717) is 24.6 Å². The molecule has 1 heterocycles. The molecule has 0 bridgehead atoms. The van der Waals surface area contributed by atoms with E-state index in [2.05, 4.69) is 0 Å². The van der Waals surface area contributed by atoms with E-state index in [9.17, 15) is 13.2 Å². The van der Waals surface area contributed by atoms with Crippen molar-refractivity contribution < 1.29 is 22.7 Å². The van der Waals surface area contributed by atoms with Gasteiger partial charge in [-0.2, -0.15) is 4.31 Å². The first-order valence-corrected chi connectivity index (χ1v) is 11.9. The van der Waals surface area contributed by atoms with E-state index in [-0.39, 0.29) is 29.1 Å². The standard InChI is InChI=1S/C21H26N2O5S2/c1-16(29-17-9-10-19(27-2)20(15-17)28-3)21(24)22-11-13-23(14-12-22)30(25,26)18-7-5-4-6-8-18/h4-10,15-16H,11-14H2,1-3H3/t16-/m1/s1. The molecule has 7 nitrogen and oxygen atoms in total. The minimum atomic E-state index is -3.53. The molecule has 1 saturated heterocycles. The molecule has 2 aromatic carbocycles. The van der Waals surface area contributed by atoms with E-state index in [4.69, 9.17) is 9.47 Å². The number of hydrogen-bond donors (Lipinski definition) is 0. The van der Waals surface area contributed by atoms with Crippen LogP contribution in [0, 0.1) is 0 Å². The van der Waals surface area contributed by atoms with Gasteiger partial charge in [0, 0.05) is 31.1 Å². The topological polar surface area (TPSA) is 76.2 Å². The highest BCUT2D eigenvalue weighted by atomic mass is 32.2. The number of methoxy groups -OCH3 is 2. The second-order valence-corrected chi connectivity index (χ2v) is 10.2. The van der Waals surface area contributed by atoms with Crippen LogP contribution < -0.4 is 9.47 Å². The third-order valence-electron chi connectivity index (χ3n) is 4.95. The maximum atomic E-state index is 12.9. The summed E-state index contributed by atoms with van der Waals surface area (Å²) in [7, 11) is -0.379. The molecule has 1 atom stereocenters. The maximum absolute atomic E-state index is 12.9. The van der Waals surface area contributed by atoms with Crippen molar-refractivity contribution in [3.05, 3.63) is 48.5 Å². The lowest BCUT2D eigenvalue weighted by atomic mass is 10.3. The quantitative estimate of drug-likeness (QED) is 0.604. The number of thioether (sulfide) groups is 1. The van der Waals surface area contributed by atoms with E-state index in [1.807, 2.05) is 25.1 Å².